The van der Waals surface area contributed by atoms with Gasteiger partial charge in [0.25, 0.3) is 0 Å². The van der Waals surface area contributed by atoms with Crippen molar-refractivity contribution in [2.24, 2.45) is 0 Å². The predicted molar refractivity (Wildman–Crippen MR) is 32.0 cm³/mol. The summed E-state index contributed by atoms with van der Waals surface area (Å²) in [5, 5.41) is 8.63. The molecule has 0 aromatic heterocycles. The first-order valence-corrected chi connectivity index (χ1v) is 2.34. The molecular formula is C7H6O2. The van der Waals surface area contributed by atoms with E-state index in [9.17, 15) is 0 Å². The quantitative estimate of drug-likeness (QED) is 0.409. The Labute approximate surface area is 53.5 Å². The first-order valence-electron chi connectivity index (χ1n) is 2.34. The summed E-state index contributed by atoms with van der Waals surface area (Å²) >= 11 is 0. The van der Waals surface area contributed by atoms with Crippen LogP contribution in [0.3, 0.4) is 0 Å². The summed E-state index contributed by atoms with van der Waals surface area (Å²) in [6.07, 6.45) is 0. The third-order valence-corrected chi connectivity index (χ3v) is 0.756. The van der Waals surface area contributed by atoms with Gasteiger partial charge in [-0.3, -0.25) is 0 Å². The molecule has 0 radical (unpaired) electrons. The van der Waals surface area contributed by atoms with E-state index in [1.807, 2.05) is 6.07 Å². The molecule has 9 heavy (non-hydrogen) atoms. The Hall–Kier alpha value is -1.24. The van der Waals surface area contributed by atoms with Crippen LogP contribution in [-0.4, -0.2) is 5.11 Å². The van der Waals surface area contributed by atoms with Gasteiger partial charge in [-0.25, -0.2) is 0 Å². The van der Waals surface area contributed by atoms with E-state index in [-0.39, 0.29) is 0 Å². The van der Waals surface area contributed by atoms with Gasteiger partial charge in [0.15, 0.2) is 0 Å². The van der Waals surface area contributed by atoms with Crippen LogP contribution in [0.4, 0.5) is 0 Å². The summed E-state index contributed by atoms with van der Waals surface area (Å²) in [4.78, 5) is 0. The fraction of sp³-hybridized carbons (Fsp3) is 0. The molecule has 1 aromatic carbocycles. The normalized spacial score (nSPS) is 6.89. The molecule has 0 bridgehead atoms. The first kappa shape index (κ1) is 7.76. The molecule has 1 rings (SSSR count). The van der Waals surface area contributed by atoms with Crippen molar-refractivity contribution in [1.29, 1.82) is 0 Å². The summed E-state index contributed by atoms with van der Waals surface area (Å²) in [6.45, 7) is 4.50. The van der Waals surface area contributed by atoms with E-state index in [4.69, 9.17) is 9.76 Å². The van der Waals surface area contributed by atoms with E-state index in [0.29, 0.717) is 5.75 Å². The van der Waals surface area contributed by atoms with Crippen molar-refractivity contribution >= 4 is 0 Å². The van der Waals surface area contributed by atoms with E-state index in [0.717, 1.165) is 0 Å². The minimum absolute atomic E-state index is 0.322. The average molecular weight is 122 g/mol. The monoisotopic (exact) mass is 122 g/mol. The number of hydrogen-bond donors (Lipinski definition) is 1. The first-order chi connectivity index (χ1) is 4.39. The zero-order chi connectivity index (χ0) is 7.11. The van der Waals surface area contributed by atoms with Gasteiger partial charge in [-0.2, -0.15) is 0 Å². The van der Waals surface area contributed by atoms with Crippen LogP contribution < -0.4 is 0 Å². The molecule has 0 unspecified atom stereocenters. The molecule has 0 aliphatic heterocycles. The van der Waals surface area contributed by atoms with Gasteiger partial charge >= 0.3 is 11.3 Å². The molecule has 1 aromatic rings. The van der Waals surface area contributed by atoms with Crippen molar-refractivity contribution in [3.05, 3.63) is 37.0 Å². The van der Waals surface area contributed by atoms with Crippen LogP contribution in [0.15, 0.2) is 30.3 Å². The van der Waals surface area contributed by atoms with Gasteiger partial charge in [-0.05, 0) is 12.1 Å². The Bertz CT molecular complexity index is 167. The summed E-state index contributed by atoms with van der Waals surface area (Å²) < 4.78 is 7.50. The Morgan fingerprint density at radius 2 is 1.56 bits per heavy atom. The average Bonchev–Trinajstić information content (AvgIpc) is 1.94. The third kappa shape index (κ3) is 3.35. The second-order valence-electron chi connectivity index (χ2n) is 1.34. The zero-order valence-corrected chi connectivity index (χ0v) is 4.74. The van der Waals surface area contributed by atoms with Gasteiger partial charge in [0.1, 0.15) is 5.75 Å². The molecule has 0 aliphatic carbocycles. The van der Waals surface area contributed by atoms with Crippen LogP contribution in [-0.2, 0) is 4.65 Å². The fourth-order valence-corrected chi connectivity index (χ4v) is 0.428. The maximum atomic E-state index is 8.63. The van der Waals surface area contributed by atoms with Crippen molar-refractivity contribution in [2.75, 3.05) is 0 Å². The summed E-state index contributed by atoms with van der Waals surface area (Å²) in [5.41, 5.74) is 0. The van der Waals surface area contributed by atoms with Crippen molar-refractivity contribution in [3.63, 3.8) is 0 Å². The topological polar surface area (TPSA) is 40.1 Å². The Morgan fingerprint density at radius 3 is 1.78 bits per heavy atom. The number of phenols is 1. The molecule has 0 aliphatic rings. The molecular weight excluding hydrogens is 116 g/mol. The zero-order valence-electron chi connectivity index (χ0n) is 4.74. The van der Waals surface area contributed by atoms with Gasteiger partial charge < -0.3 is 5.11 Å². The molecule has 0 spiro atoms. The third-order valence-electron chi connectivity index (χ3n) is 0.756. The van der Waals surface area contributed by atoms with Gasteiger partial charge in [0.2, 0.25) is 0 Å². The SMILES string of the molecule is Oc1ccccc1.[C-]#[O+]. The van der Waals surface area contributed by atoms with Crippen LogP contribution in [0.25, 0.3) is 0 Å². The van der Waals surface area contributed by atoms with E-state index in [1.54, 1.807) is 24.3 Å². The number of hydrogen-bond acceptors (Lipinski definition) is 1. The maximum absolute atomic E-state index is 8.63. The molecule has 0 amide bonds. The van der Waals surface area contributed by atoms with Crippen molar-refractivity contribution in [3.8, 4) is 5.75 Å². The van der Waals surface area contributed by atoms with Gasteiger partial charge in [-0.1, -0.05) is 18.2 Å². The van der Waals surface area contributed by atoms with Crippen LogP contribution in [0.5, 0.6) is 5.75 Å². The van der Waals surface area contributed by atoms with Crippen LogP contribution >= 0.6 is 0 Å². The van der Waals surface area contributed by atoms with Gasteiger partial charge in [-0.15, -0.1) is 0 Å². The van der Waals surface area contributed by atoms with Crippen molar-refractivity contribution in [2.45, 2.75) is 0 Å². The fourth-order valence-electron chi connectivity index (χ4n) is 0.428. The van der Waals surface area contributed by atoms with E-state index >= 15 is 0 Å². The summed E-state index contributed by atoms with van der Waals surface area (Å²) in [7, 11) is 0. The van der Waals surface area contributed by atoms with Crippen LogP contribution in [0.2, 0.25) is 0 Å². The Kier molecular flexibility index (Phi) is 4.23. The molecule has 2 nitrogen and oxygen atoms in total. The molecule has 46 valence electrons. The minimum atomic E-state index is 0.322. The molecule has 0 fully saturated rings. The molecule has 2 heteroatoms. The predicted octanol–water partition coefficient (Wildman–Crippen LogP) is 1.35. The number of aromatic hydroxyl groups is 1. The number of para-hydroxylation sites is 1. The second-order valence-corrected chi connectivity index (χ2v) is 1.34. The van der Waals surface area contributed by atoms with E-state index < -0.39 is 0 Å². The molecule has 0 atom stereocenters. The van der Waals surface area contributed by atoms with Gasteiger partial charge in [0.05, 0.1) is 0 Å². The molecule has 1 N–H and O–H groups in total. The number of phenolic OH excluding ortho intramolecular Hbond substituents is 1. The Balaban J connectivity index is 0.000000291. The second kappa shape index (κ2) is 4.91. The molecule has 0 saturated carbocycles. The van der Waals surface area contributed by atoms with Crippen LogP contribution in [0.1, 0.15) is 0 Å². The molecule has 0 saturated heterocycles. The summed E-state index contributed by atoms with van der Waals surface area (Å²) in [6, 6.07) is 8.71. The van der Waals surface area contributed by atoms with E-state index in [1.165, 1.54) is 0 Å². The molecule has 0 heterocycles. The van der Waals surface area contributed by atoms with Crippen molar-refractivity contribution < 1.29 is 9.76 Å². The van der Waals surface area contributed by atoms with Crippen molar-refractivity contribution in [1.82, 2.24) is 0 Å². The van der Waals surface area contributed by atoms with E-state index in [2.05, 4.69) is 6.65 Å². The standard InChI is InChI=1S/C6H6O.CO/c7-6-4-2-1-3-5-6;1-2/h1-5,7H;. The Morgan fingerprint density at radius 1 is 1.11 bits per heavy atom. The number of rotatable bonds is 0. The van der Waals surface area contributed by atoms with Gasteiger partial charge in [0, 0.05) is 0 Å². The summed E-state index contributed by atoms with van der Waals surface area (Å²) in [5.74, 6) is 0.322. The number of benzene rings is 1. The van der Waals surface area contributed by atoms with Crippen LogP contribution in [0, 0.1) is 6.65 Å².